The highest BCUT2D eigenvalue weighted by molar-refractivity contribution is 7.89. The molecular formula is C14H22N2O2S. The smallest absolute Gasteiger partial charge is 0.241 e. The van der Waals surface area contributed by atoms with Crippen molar-refractivity contribution in [2.75, 3.05) is 5.73 Å². The van der Waals surface area contributed by atoms with Gasteiger partial charge in [0.25, 0.3) is 0 Å². The Kier molecular flexibility index (Phi) is 3.39. The standard InChI is InChI=1S/C14H22N2O2S/c1-9-7-12(15)8-13(10(9)2)19(17,18)16-14(3,4)11-5-6-11/h7-8,11,16H,5-6,15H2,1-4H3. The summed E-state index contributed by atoms with van der Waals surface area (Å²) < 4.78 is 27.9. The van der Waals surface area contributed by atoms with Gasteiger partial charge in [0.15, 0.2) is 0 Å². The second kappa shape index (κ2) is 4.49. The number of hydrogen-bond donors (Lipinski definition) is 2. The van der Waals surface area contributed by atoms with E-state index in [0.717, 1.165) is 24.0 Å². The molecule has 1 saturated carbocycles. The average molecular weight is 282 g/mol. The predicted octanol–water partition coefficient (Wildman–Crippen LogP) is 2.35. The number of anilines is 1. The molecule has 0 radical (unpaired) electrons. The summed E-state index contributed by atoms with van der Waals surface area (Å²) in [6, 6.07) is 3.33. The van der Waals surface area contributed by atoms with Crippen LogP contribution in [0.2, 0.25) is 0 Å². The number of rotatable bonds is 4. The van der Waals surface area contributed by atoms with Gasteiger partial charge in [-0.1, -0.05) is 0 Å². The molecule has 0 saturated heterocycles. The highest BCUT2D eigenvalue weighted by atomic mass is 32.2. The maximum atomic E-state index is 12.5. The van der Waals surface area contributed by atoms with Crippen LogP contribution < -0.4 is 10.5 Å². The summed E-state index contributed by atoms with van der Waals surface area (Å²) in [6.07, 6.45) is 2.18. The first-order valence-electron chi connectivity index (χ1n) is 6.54. The van der Waals surface area contributed by atoms with Crippen LogP contribution in [0.5, 0.6) is 0 Å². The van der Waals surface area contributed by atoms with Crippen LogP contribution in [0, 0.1) is 19.8 Å². The highest BCUT2D eigenvalue weighted by Crippen LogP contribution is 2.40. The maximum Gasteiger partial charge on any atom is 0.241 e. The number of sulfonamides is 1. The number of aryl methyl sites for hydroxylation is 1. The third-order valence-corrected chi connectivity index (χ3v) is 5.72. The summed E-state index contributed by atoms with van der Waals surface area (Å²) >= 11 is 0. The van der Waals surface area contributed by atoms with Crippen molar-refractivity contribution in [2.24, 2.45) is 5.92 Å². The van der Waals surface area contributed by atoms with Crippen LogP contribution >= 0.6 is 0 Å². The summed E-state index contributed by atoms with van der Waals surface area (Å²) in [5.74, 6) is 0.435. The minimum absolute atomic E-state index is 0.290. The zero-order chi connectivity index (χ0) is 14.4. The first-order chi connectivity index (χ1) is 8.63. The fourth-order valence-electron chi connectivity index (χ4n) is 2.42. The summed E-state index contributed by atoms with van der Waals surface area (Å²) in [5.41, 5.74) is 7.50. The largest absolute Gasteiger partial charge is 0.399 e. The number of nitrogen functional groups attached to an aromatic ring is 1. The van der Waals surface area contributed by atoms with Gasteiger partial charge in [0.1, 0.15) is 0 Å². The molecular weight excluding hydrogens is 260 g/mol. The van der Waals surface area contributed by atoms with Gasteiger partial charge < -0.3 is 5.73 Å². The van der Waals surface area contributed by atoms with Gasteiger partial charge in [-0.2, -0.15) is 0 Å². The fraction of sp³-hybridized carbons (Fsp3) is 0.571. The molecule has 5 heteroatoms. The molecule has 2 rings (SSSR count). The lowest BCUT2D eigenvalue weighted by Crippen LogP contribution is -2.45. The van der Waals surface area contributed by atoms with Crippen LogP contribution in [0.15, 0.2) is 17.0 Å². The molecule has 0 spiro atoms. The van der Waals surface area contributed by atoms with Gasteiger partial charge in [0, 0.05) is 11.2 Å². The Bertz CT molecular complexity index is 602. The Hall–Kier alpha value is -1.07. The number of nitrogens with one attached hydrogen (secondary N) is 1. The Balaban J connectivity index is 2.39. The molecule has 1 fully saturated rings. The molecule has 1 aliphatic rings. The molecule has 0 bridgehead atoms. The van der Waals surface area contributed by atoms with Crippen LogP contribution in [0.25, 0.3) is 0 Å². The van der Waals surface area contributed by atoms with Gasteiger partial charge in [-0.05, 0) is 69.7 Å². The number of nitrogens with two attached hydrogens (primary N) is 1. The molecule has 19 heavy (non-hydrogen) atoms. The molecule has 0 heterocycles. The summed E-state index contributed by atoms with van der Waals surface area (Å²) in [7, 11) is -3.53. The quantitative estimate of drug-likeness (QED) is 0.833. The van der Waals surface area contributed by atoms with Gasteiger partial charge >= 0.3 is 0 Å². The van der Waals surface area contributed by atoms with E-state index in [4.69, 9.17) is 5.73 Å². The van der Waals surface area contributed by atoms with Crippen molar-refractivity contribution in [3.8, 4) is 0 Å². The summed E-state index contributed by atoms with van der Waals surface area (Å²) in [6.45, 7) is 7.57. The van der Waals surface area contributed by atoms with E-state index >= 15 is 0 Å². The molecule has 0 atom stereocenters. The number of benzene rings is 1. The molecule has 0 amide bonds. The SMILES string of the molecule is Cc1cc(N)cc(S(=O)(=O)NC(C)(C)C2CC2)c1C. The van der Waals surface area contributed by atoms with Gasteiger partial charge in [-0.3, -0.25) is 0 Å². The van der Waals surface area contributed by atoms with Crippen LogP contribution in [0.4, 0.5) is 5.69 Å². The molecule has 0 aromatic heterocycles. The van der Waals surface area contributed by atoms with Gasteiger partial charge in [0.05, 0.1) is 4.90 Å². The second-order valence-corrected chi connectivity index (χ2v) is 7.71. The Morgan fingerprint density at radius 3 is 2.37 bits per heavy atom. The zero-order valence-electron chi connectivity index (χ0n) is 11.9. The minimum atomic E-state index is -3.53. The van der Waals surface area contributed by atoms with E-state index in [2.05, 4.69) is 4.72 Å². The van der Waals surface area contributed by atoms with Crippen LogP contribution in [-0.2, 0) is 10.0 Å². The molecule has 0 unspecified atom stereocenters. The van der Waals surface area contributed by atoms with E-state index in [1.807, 2.05) is 27.7 Å². The van der Waals surface area contributed by atoms with Gasteiger partial charge in [0.2, 0.25) is 10.0 Å². The van der Waals surface area contributed by atoms with Crippen LogP contribution in [-0.4, -0.2) is 14.0 Å². The summed E-state index contributed by atoms with van der Waals surface area (Å²) in [5, 5.41) is 0. The Labute approximate surface area is 115 Å². The lowest BCUT2D eigenvalue weighted by atomic mass is 10.0. The topological polar surface area (TPSA) is 72.2 Å². The van der Waals surface area contributed by atoms with Gasteiger partial charge in [-0.15, -0.1) is 0 Å². The van der Waals surface area contributed by atoms with Crippen molar-refractivity contribution in [1.82, 2.24) is 4.72 Å². The average Bonchev–Trinajstić information content (AvgIpc) is 3.05. The highest BCUT2D eigenvalue weighted by Gasteiger charge is 2.40. The maximum absolute atomic E-state index is 12.5. The predicted molar refractivity (Wildman–Crippen MR) is 77.5 cm³/mol. The lowest BCUT2D eigenvalue weighted by Gasteiger charge is -2.26. The van der Waals surface area contributed by atoms with Crippen LogP contribution in [0.1, 0.15) is 37.8 Å². The molecule has 0 aliphatic heterocycles. The van der Waals surface area contributed by atoms with Crippen molar-refractivity contribution in [3.63, 3.8) is 0 Å². The van der Waals surface area contributed by atoms with E-state index in [9.17, 15) is 8.42 Å². The zero-order valence-corrected chi connectivity index (χ0v) is 12.8. The second-order valence-electron chi connectivity index (χ2n) is 6.06. The molecule has 3 N–H and O–H groups in total. The molecule has 4 nitrogen and oxygen atoms in total. The fourth-order valence-corrected chi connectivity index (χ4v) is 4.25. The van der Waals surface area contributed by atoms with E-state index in [1.54, 1.807) is 6.07 Å². The van der Waals surface area contributed by atoms with Crippen molar-refractivity contribution < 1.29 is 8.42 Å². The molecule has 106 valence electrons. The van der Waals surface area contributed by atoms with Crippen molar-refractivity contribution in [3.05, 3.63) is 23.3 Å². The molecule has 1 aromatic carbocycles. The minimum Gasteiger partial charge on any atom is -0.399 e. The summed E-state index contributed by atoms with van der Waals surface area (Å²) in [4.78, 5) is 0.290. The molecule has 1 aromatic rings. The monoisotopic (exact) mass is 282 g/mol. The van der Waals surface area contributed by atoms with Crippen LogP contribution in [0.3, 0.4) is 0 Å². The van der Waals surface area contributed by atoms with E-state index in [1.165, 1.54) is 6.07 Å². The van der Waals surface area contributed by atoms with E-state index in [0.29, 0.717) is 16.5 Å². The van der Waals surface area contributed by atoms with Crippen molar-refractivity contribution >= 4 is 15.7 Å². The third kappa shape index (κ3) is 2.92. The number of hydrogen-bond acceptors (Lipinski definition) is 3. The normalized spacial score (nSPS) is 16.6. The lowest BCUT2D eigenvalue weighted by molar-refractivity contribution is 0.400. The van der Waals surface area contributed by atoms with Crippen molar-refractivity contribution in [1.29, 1.82) is 0 Å². The molecule has 1 aliphatic carbocycles. The Morgan fingerprint density at radius 2 is 1.84 bits per heavy atom. The van der Waals surface area contributed by atoms with E-state index < -0.39 is 15.6 Å². The van der Waals surface area contributed by atoms with E-state index in [-0.39, 0.29) is 0 Å². The van der Waals surface area contributed by atoms with Gasteiger partial charge in [-0.25, -0.2) is 13.1 Å². The Morgan fingerprint density at radius 1 is 1.26 bits per heavy atom. The van der Waals surface area contributed by atoms with Crippen molar-refractivity contribution in [2.45, 2.75) is 51.0 Å². The first kappa shape index (κ1) is 14.3. The first-order valence-corrected chi connectivity index (χ1v) is 8.02. The third-order valence-electron chi connectivity index (χ3n) is 3.93.